The van der Waals surface area contributed by atoms with Crippen molar-refractivity contribution >= 4 is 6.29 Å². The van der Waals surface area contributed by atoms with Crippen LogP contribution in [0.5, 0.6) is 0 Å². The summed E-state index contributed by atoms with van der Waals surface area (Å²) in [5, 5.41) is 0. The monoisotopic (exact) mass is 195 g/mol. The molecule has 1 saturated heterocycles. The minimum atomic E-state index is -4.08. The Balaban J connectivity index is 2.19. The second kappa shape index (κ2) is 4.09. The molecule has 76 valence electrons. The highest BCUT2D eigenvalue weighted by Crippen LogP contribution is 2.25. The number of alkyl halides is 3. The van der Waals surface area contributed by atoms with Crippen molar-refractivity contribution in [2.75, 3.05) is 13.1 Å². The molecule has 0 N–H and O–H groups in total. The van der Waals surface area contributed by atoms with Gasteiger partial charge in [0.2, 0.25) is 0 Å². The lowest BCUT2D eigenvalue weighted by molar-refractivity contribution is -0.142. The fourth-order valence-electron chi connectivity index (χ4n) is 1.44. The van der Waals surface area contributed by atoms with E-state index in [0.717, 1.165) is 12.7 Å². The molecule has 0 spiro atoms. The van der Waals surface area contributed by atoms with Crippen LogP contribution >= 0.6 is 0 Å². The first-order valence-corrected chi connectivity index (χ1v) is 4.27. The minimum absolute atomic E-state index is 0.0298. The molecule has 1 aliphatic rings. The zero-order valence-corrected chi connectivity index (χ0v) is 7.18. The van der Waals surface area contributed by atoms with E-state index in [1.807, 2.05) is 0 Å². The molecule has 13 heavy (non-hydrogen) atoms. The summed E-state index contributed by atoms with van der Waals surface area (Å²) in [6.07, 6.45) is -2.89. The first-order valence-electron chi connectivity index (χ1n) is 4.27. The van der Waals surface area contributed by atoms with Gasteiger partial charge in [-0.15, -0.1) is 0 Å². The van der Waals surface area contributed by atoms with Crippen molar-refractivity contribution in [3.63, 3.8) is 0 Å². The van der Waals surface area contributed by atoms with Crippen LogP contribution in [0.3, 0.4) is 0 Å². The molecule has 0 aromatic rings. The Morgan fingerprint density at radius 1 is 1.46 bits per heavy atom. The van der Waals surface area contributed by atoms with E-state index in [9.17, 15) is 18.0 Å². The molecule has 1 heterocycles. The number of hydrogen-bond donors (Lipinski definition) is 0. The average Bonchev–Trinajstić information content (AvgIpc) is 1.96. The van der Waals surface area contributed by atoms with E-state index in [2.05, 4.69) is 0 Å². The maximum Gasteiger partial charge on any atom is 0.390 e. The van der Waals surface area contributed by atoms with Crippen molar-refractivity contribution in [3.05, 3.63) is 0 Å². The highest BCUT2D eigenvalue weighted by Gasteiger charge is 2.32. The topological polar surface area (TPSA) is 20.3 Å². The van der Waals surface area contributed by atoms with Gasteiger partial charge in [-0.25, -0.2) is 0 Å². The highest BCUT2D eigenvalue weighted by atomic mass is 19.4. The van der Waals surface area contributed by atoms with Crippen LogP contribution in [-0.4, -0.2) is 36.5 Å². The summed E-state index contributed by atoms with van der Waals surface area (Å²) in [5.74, 6) is 0. The average molecular weight is 195 g/mol. The lowest BCUT2D eigenvalue weighted by atomic mass is 10.00. The predicted octanol–water partition coefficient (Wildman–Crippen LogP) is 1.60. The quantitative estimate of drug-likeness (QED) is 0.635. The van der Waals surface area contributed by atoms with Gasteiger partial charge >= 0.3 is 6.18 Å². The third-order valence-corrected chi connectivity index (χ3v) is 2.32. The number of hydrogen-bond acceptors (Lipinski definition) is 2. The summed E-state index contributed by atoms with van der Waals surface area (Å²) in [6, 6.07) is 0.0554. The van der Waals surface area contributed by atoms with Gasteiger partial charge in [0.15, 0.2) is 0 Å². The maximum absolute atomic E-state index is 11.8. The molecule has 0 aromatic carbocycles. The Morgan fingerprint density at radius 2 is 2.15 bits per heavy atom. The maximum atomic E-state index is 11.8. The molecule has 0 amide bonds. The van der Waals surface area contributed by atoms with Gasteiger partial charge in [0.05, 0.1) is 6.42 Å². The fourth-order valence-corrected chi connectivity index (χ4v) is 1.44. The first-order chi connectivity index (χ1) is 6.03. The Bertz CT molecular complexity index is 181. The Hall–Kier alpha value is -0.580. The highest BCUT2D eigenvalue weighted by molar-refractivity contribution is 5.50. The molecule has 1 unspecified atom stereocenters. The van der Waals surface area contributed by atoms with E-state index in [1.165, 1.54) is 0 Å². The number of nitrogens with zero attached hydrogens (tertiary/aromatic N) is 1. The smallest absolute Gasteiger partial charge is 0.303 e. The third-order valence-electron chi connectivity index (χ3n) is 2.32. The summed E-state index contributed by atoms with van der Waals surface area (Å²) < 4.78 is 35.4. The van der Waals surface area contributed by atoms with E-state index in [-0.39, 0.29) is 12.6 Å². The van der Waals surface area contributed by atoms with Crippen LogP contribution in [-0.2, 0) is 4.79 Å². The second-order valence-electron chi connectivity index (χ2n) is 3.25. The van der Waals surface area contributed by atoms with E-state index in [1.54, 1.807) is 4.90 Å². The molecular formula is C8H12F3NO. The van der Waals surface area contributed by atoms with Crippen LogP contribution in [0.1, 0.15) is 19.3 Å². The molecule has 0 aliphatic carbocycles. The molecule has 1 fully saturated rings. The molecule has 1 rings (SSSR count). The van der Waals surface area contributed by atoms with Gasteiger partial charge in [-0.3, -0.25) is 4.90 Å². The molecule has 2 nitrogen and oxygen atoms in total. The molecular weight excluding hydrogens is 183 g/mol. The van der Waals surface area contributed by atoms with Gasteiger partial charge in [0, 0.05) is 19.0 Å². The zero-order valence-electron chi connectivity index (χ0n) is 7.18. The summed E-state index contributed by atoms with van der Waals surface area (Å²) >= 11 is 0. The van der Waals surface area contributed by atoms with E-state index in [0.29, 0.717) is 13.0 Å². The normalized spacial score (nSPS) is 24.1. The molecule has 1 aliphatic heterocycles. The van der Waals surface area contributed by atoms with Gasteiger partial charge in [0.1, 0.15) is 6.29 Å². The van der Waals surface area contributed by atoms with Gasteiger partial charge in [0.25, 0.3) is 0 Å². The van der Waals surface area contributed by atoms with Crippen LogP contribution in [0, 0.1) is 0 Å². The number of rotatable bonds is 4. The SMILES string of the molecule is O=CCC1CCN1CCC(F)(F)F. The summed E-state index contributed by atoms with van der Waals surface area (Å²) in [4.78, 5) is 11.8. The van der Waals surface area contributed by atoms with Crippen LogP contribution in [0.15, 0.2) is 0 Å². The predicted molar refractivity (Wildman–Crippen MR) is 41.3 cm³/mol. The number of likely N-dealkylation sites (tertiary alicyclic amines) is 1. The Morgan fingerprint density at radius 3 is 2.54 bits per heavy atom. The van der Waals surface area contributed by atoms with Gasteiger partial charge in [-0.1, -0.05) is 0 Å². The van der Waals surface area contributed by atoms with Gasteiger partial charge in [-0.05, 0) is 13.0 Å². The van der Waals surface area contributed by atoms with Crippen LogP contribution in [0.25, 0.3) is 0 Å². The number of carbonyl (C=O) groups is 1. The first kappa shape index (κ1) is 10.5. The number of aldehydes is 1. The van der Waals surface area contributed by atoms with Crippen molar-refractivity contribution in [2.24, 2.45) is 0 Å². The molecule has 1 atom stereocenters. The largest absolute Gasteiger partial charge is 0.390 e. The van der Waals surface area contributed by atoms with Crippen molar-refractivity contribution in [1.82, 2.24) is 4.90 Å². The van der Waals surface area contributed by atoms with Crippen LogP contribution in [0.2, 0.25) is 0 Å². The zero-order chi connectivity index (χ0) is 9.90. The van der Waals surface area contributed by atoms with Crippen LogP contribution in [0.4, 0.5) is 13.2 Å². The molecule has 5 heteroatoms. The number of carbonyl (C=O) groups excluding carboxylic acids is 1. The van der Waals surface area contributed by atoms with E-state index >= 15 is 0 Å². The van der Waals surface area contributed by atoms with Gasteiger partial charge < -0.3 is 4.79 Å². The minimum Gasteiger partial charge on any atom is -0.303 e. The summed E-state index contributed by atoms with van der Waals surface area (Å²) in [6.45, 7) is 0.719. The van der Waals surface area contributed by atoms with Crippen molar-refractivity contribution in [2.45, 2.75) is 31.5 Å². The molecule has 0 aromatic heterocycles. The van der Waals surface area contributed by atoms with Gasteiger partial charge in [-0.2, -0.15) is 13.2 Å². The Labute approximate surface area is 74.7 Å². The standard InChI is InChI=1S/C8H12F3NO/c9-8(10,11)3-5-12-4-1-7(12)2-6-13/h6-7H,1-5H2. The third kappa shape index (κ3) is 3.34. The van der Waals surface area contributed by atoms with E-state index < -0.39 is 12.6 Å². The lowest BCUT2D eigenvalue weighted by Crippen LogP contribution is -2.48. The van der Waals surface area contributed by atoms with Crippen LogP contribution < -0.4 is 0 Å². The molecule has 0 bridgehead atoms. The summed E-state index contributed by atoms with van der Waals surface area (Å²) in [7, 11) is 0. The van der Waals surface area contributed by atoms with Crippen molar-refractivity contribution in [1.29, 1.82) is 0 Å². The van der Waals surface area contributed by atoms with E-state index in [4.69, 9.17) is 0 Å². The number of halogens is 3. The fraction of sp³-hybridized carbons (Fsp3) is 0.875. The molecule has 0 saturated carbocycles. The Kier molecular flexibility index (Phi) is 3.30. The second-order valence-corrected chi connectivity index (χ2v) is 3.25. The van der Waals surface area contributed by atoms with Crippen molar-refractivity contribution in [3.8, 4) is 0 Å². The van der Waals surface area contributed by atoms with Crippen molar-refractivity contribution < 1.29 is 18.0 Å². The lowest BCUT2D eigenvalue weighted by Gasteiger charge is -2.40. The summed E-state index contributed by atoms with van der Waals surface area (Å²) in [5.41, 5.74) is 0. The molecule has 0 radical (unpaired) electrons.